The lowest BCUT2D eigenvalue weighted by atomic mass is 10.1. The Kier molecular flexibility index (Phi) is 44.6. The SMILES string of the molecule is CC/C=C\C/C=C\C/C=C\C/C=C\CCCCCC(=O)OC(COC(=O)CCC/C=C\C/C=C\C/C=C\C/C=C\CCCCC)COC(=O)CCC/C=C\CCCCCC. The molecule has 0 aromatic heterocycles. The van der Waals surface area contributed by atoms with E-state index >= 15 is 0 Å². The Hall–Kier alpha value is -3.93. The van der Waals surface area contributed by atoms with Crippen molar-refractivity contribution in [1.29, 1.82) is 0 Å². The average molecular weight is 831 g/mol. The third kappa shape index (κ3) is 45.2. The summed E-state index contributed by atoms with van der Waals surface area (Å²) < 4.78 is 16.6. The summed E-state index contributed by atoms with van der Waals surface area (Å²) >= 11 is 0. The highest BCUT2D eigenvalue weighted by Crippen LogP contribution is 2.10. The Bertz CT molecular complexity index is 1280. The molecule has 60 heavy (non-hydrogen) atoms. The second-order valence-corrected chi connectivity index (χ2v) is 15.3. The van der Waals surface area contributed by atoms with Gasteiger partial charge in [-0.2, -0.15) is 0 Å². The number of hydrogen-bond donors (Lipinski definition) is 0. The fourth-order valence-electron chi connectivity index (χ4n) is 5.90. The van der Waals surface area contributed by atoms with E-state index < -0.39 is 6.10 Å². The molecule has 0 amide bonds. The van der Waals surface area contributed by atoms with Gasteiger partial charge in [-0.1, -0.05) is 169 Å². The van der Waals surface area contributed by atoms with Gasteiger partial charge in [-0.15, -0.1) is 0 Å². The molecule has 1 atom stereocenters. The van der Waals surface area contributed by atoms with Gasteiger partial charge in [0.1, 0.15) is 13.2 Å². The third-order valence-electron chi connectivity index (χ3n) is 9.48. The van der Waals surface area contributed by atoms with Crippen LogP contribution in [-0.2, 0) is 28.6 Å². The normalized spacial score (nSPS) is 13.1. The van der Waals surface area contributed by atoms with Gasteiger partial charge in [0.25, 0.3) is 0 Å². The number of ether oxygens (including phenoxy) is 3. The van der Waals surface area contributed by atoms with Crippen molar-refractivity contribution >= 4 is 17.9 Å². The minimum atomic E-state index is -0.827. The van der Waals surface area contributed by atoms with Crippen molar-refractivity contribution < 1.29 is 28.6 Å². The van der Waals surface area contributed by atoms with E-state index in [4.69, 9.17) is 14.2 Å². The standard InChI is InChI=1S/C54H86O6/c1-4-7-10-13-16-19-21-23-25-27-29-30-32-35-38-41-44-47-53(56)59-50-51(49-58-52(55)46-43-40-37-34-18-15-12-9-6-3)60-54(57)48-45-42-39-36-33-31-28-26-24-22-20-17-14-11-8-5-2/h8,11,16-17,19-20,23-26,29-31,33-35,37-38,51H,4-7,9-10,12-15,18,21-22,27-28,32,36,39-50H2,1-3H3/b11-8-,19-16-,20-17-,25-23-,26-24-,30-29-,33-31-,37-34-,38-35-. The zero-order valence-electron chi connectivity index (χ0n) is 38.4. The van der Waals surface area contributed by atoms with E-state index in [0.717, 1.165) is 83.5 Å². The Morgan fingerprint density at radius 3 is 1.08 bits per heavy atom. The van der Waals surface area contributed by atoms with Crippen LogP contribution in [0.2, 0.25) is 0 Å². The van der Waals surface area contributed by atoms with Crippen LogP contribution in [0, 0.1) is 0 Å². The summed E-state index contributed by atoms with van der Waals surface area (Å²) in [6.45, 7) is 6.33. The monoisotopic (exact) mass is 831 g/mol. The van der Waals surface area contributed by atoms with Crippen LogP contribution in [0.3, 0.4) is 0 Å². The summed E-state index contributed by atoms with van der Waals surface area (Å²) in [5, 5.41) is 0. The lowest BCUT2D eigenvalue weighted by Crippen LogP contribution is -2.30. The number of rotatable bonds is 41. The van der Waals surface area contributed by atoms with Crippen LogP contribution in [0.25, 0.3) is 0 Å². The van der Waals surface area contributed by atoms with Crippen LogP contribution in [0.4, 0.5) is 0 Å². The van der Waals surface area contributed by atoms with Crippen LogP contribution in [-0.4, -0.2) is 37.2 Å². The molecule has 0 rings (SSSR count). The lowest BCUT2D eigenvalue weighted by molar-refractivity contribution is -0.167. The van der Waals surface area contributed by atoms with E-state index in [0.29, 0.717) is 19.3 Å². The highest BCUT2D eigenvalue weighted by Gasteiger charge is 2.19. The molecular formula is C54H86O6. The Morgan fingerprint density at radius 1 is 0.350 bits per heavy atom. The predicted octanol–water partition coefficient (Wildman–Crippen LogP) is 15.6. The molecular weight excluding hydrogens is 745 g/mol. The molecule has 0 N–H and O–H groups in total. The maximum Gasteiger partial charge on any atom is 0.306 e. The Morgan fingerprint density at radius 2 is 0.667 bits per heavy atom. The van der Waals surface area contributed by atoms with E-state index in [2.05, 4.69) is 130 Å². The molecule has 0 saturated heterocycles. The maximum absolute atomic E-state index is 12.7. The summed E-state index contributed by atoms with van der Waals surface area (Å²) in [4.78, 5) is 37.7. The summed E-state index contributed by atoms with van der Waals surface area (Å²) in [6.07, 6.45) is 63.7. The molecule has 0 aliphatic carbocycles. The molecule has 0 fully saturated rings. The number of carbonyl (C=O) groups excluding carboxylic acids is 3. The molecule has 338 valence electrons. The summed E-state index contributed by atoms with van der Waals surface area (Å²) in [7, 11) is 0. The number of esters is 3. The van der Waals surface area contributed by atoms with Crippen LogP contribution >= 0.6 is 0 Å². The van der Waals surface area contributed by atoms with Crippen molar-refractivity contribution in [2.24, 2.45) is 0 Å². The number of unbranched alkanes of at least 4 members (excludes halogenated alkanes) is 12. The molecule has 0 aliphatic heterocycles. The third-order valence-corrected chi connectivity index (χ3v) is 9.48. The fraction of sp³-hybridized carbons (Fsp3) is 0.611. The average Bonchev–Trinajstić information content (AvgIpc) is 3.24. The minimum absolute atomic E-state index is 0.126. The minimum Gasteiger partial charge on any atom is -0.462 e. The van der Waals surface area contributed by atoms with Crippen molar-refractivity contribution in [1.82, 2.24) is 0 Å². The van der Waals surface area contributed by atoms with E-state index in [1.165, 1.54) is 51.4 Å². The van der Waals surface area contributed by atoms with E-state index in [-0.39, 0.29) is 50.4 Å². The summed E-state index contributed by atoms with van der Waals surface area (Å²) in [6, 6.07) is 0. The van der Waals surface area contributed by atoms with Crippen LogP contribution in [0.1, 0.15) is 194 Å². The van der Waals surface area contributed by atoms with Crippen molar-refractivity contribution in [3.05, 3.63) is 109 Å². The van der Waals surface area contributed by atoms with Gasteiger partial charge in [-0.25, -0.2) is 0 Å². The highest BCUT2D eigenvalue weighted by molar-refractivity contribution is 5.71. The number of hydrogen-bond acceptors (Lipinski definition) is 6. The van der Waals surface area contributed by atoms with E-state index in [9.17, 15) is 14.4 Å². The summed E-state index contributed by atoms with van der Waals surface area (Å²) in [5.74, 6) is -1.06. The van der Waals surface area contributed by atoms with Crippen LogP contribution in [0.5, 0.6) is 0 Å². The molecule has 0 aromatic carbocycles. The van der Waals surface area contributed by atoms with Gasteiger partial charge >= 0.3 is 17.9 Å². The second-order valence-electron chi connectivity index (χ2n) is 15.3. The van der Waals surface area contributed by atoms with Gasteiger partial charge in [0.2, 0.25) is 0 Å². The maximum atomic E-state index is 12.7. The van der Waals surface area contributed by atoms with Gasteiger partial charge in [0, 0.05) is 19.3 Å². The Balaban J connectivity index is 4.54. The first-order valence-electron chi connectivity index (χ1n) is 23.9. The van der Waals surface area contributed by atoms with Gasteiger partial charge in [-0.3, -0.25) is 14.4 Å². The largest absolute Gasteiger partial charge is 0.462 e. The molecule has 6 nitrogen and oxygen atoms in total. The van der Waals surface area contributed by atoms with Crippen molar-refractivity contribution in [3.63, 3.8) is 0 Å². The number of allylic oxidation sites excluding steroid dienone is 18. The first kappa shape index (κ1) is 56.1. The molecule has 0 heterocycles. The van der Waals surface area contributed by atoms with Gasteiger partial charge < -0.3 is 14.2 Å². The first-order valence-corrected chi connectivity index (χ1v) is 23.9. The molecule has 0 saturated carbocycles. The Labute approximate surface area is 368 Å². The van der Waals surface area contributed by atoms with Crippen molar-refractivity contribution in [3.8, 4) is 0 Å². The van der Waals surface area contributed by atoms with Crippen LogP contribution in [0.15, 0.2) is 109 Å². The smallest absolute Gasteiger partial charge is 0.306 e. The predicted molar refractivity (Wildman–Crippen MR) is 256 cm³/mol. The van der Waals surface area contributed by atoms with Crippen LogP contribution < -0.4 is 0 Å². The van der Waals surface area contributed by atoms with Gasteiger partial charge in [0.05, 0.1) is 0 Å². The fourth-order valence-corrected chi connectivity index (χ4v) is 5.90. The molecule has 1 unspecified atom stereocenters. The van der Waals surface area contributed by atoms with E-state index in [1.807, 2.05) is 0 Å². The zero-order chi connectivity index (χ0) is 43.7. The van der Waals surface area contributed by atoms with E-state index in [1.54, 1.807) is 0 Å². The lowest BCUT2D eigenvalue weighted by Gasteiger charge is -2.18. The zero-order valence-corrected chi connectivity index (χ0v) is 38.4. The van der Waals surface area contributed by atoms with Gasteiger partial charge in [-0.05, 0) is 116 Å². The molecule has 6 heteroatoms. The summed E-state index contributed by atoms with van der Waals surface area (Å²) in [5.41, 5.74) is 0. The molecule has 0 bridgehead atoms. The van der Waals surface area contributed by atoms with Crippen molar-refractivity contribution in [2.45, 2.75) is 200 Å². The molecule has 0 radical (unpaired) electrons. The topological polar surface area (TPSA) is 78.9 Å². The second kappa shape index (κ2) is 47.7. The molecule has 0 spiro atoms. The quantitative estimate of drug-likeness (QED) is 0.0264. The highest BCUT2D eigenvalue weighted by atomic mass is 16.6. The number of carbonyl (C=O) groups is 3. The first-order chi connectivity index (χ1) is 29.5. The molecule has 0 aliphatic rings. The molecule has 0 aromatic rings. The van der Waals surface area contributed by atoms with Gasteiger partial charge in [0.15, 0.2) is 6.10 Å². The van der Waals surface area contributed by atoms with Crippen molar-refractivity contribution in [2.75, 3.05) is 13.2 Å².